The predicted octanol–water partition coefficient (Wildman–Crippen LogP) is 1.76. The Labute approximate surface area is 87.8 Å². The molecule has 3 unspecified atom stereocenters. The zero-order valence-electron chi connectivity index (χ0n) is 9.39. The van der Waals surface area contributed by atoms with E-state index in [0.717, 1.165) is 17.9 Å². The minimum absolute atomic E-state index is 0.754. The van der Waals surface area contributed by atoms with Crippen molar-refractivity contribution in [3.8, 4) is 0 Å². The Morgan fingerprint density at radius 3 is 2.79 bits per heavy atom. The molecule has 2 fully saturated rings. The van der Waals surface area contributed by atoms with E-state index in [1.165, 1.54) is 51.7 Å². The van der Waals surface area contributed by atoms with Gasteiger partial charge in [-0.15, -0.1) is 0 Å². The van der Waals surface area contributed by atoms with E-state index >= 15 is 0 Å². The zero-order valence-corrected chi connectivity index (χ0v) is 9.39. The molecule has 0 aromatic rings. The summed E-state index contributed by atoms with van der Waals surface area (Å²) in [4.78, 5) is 0. The van der Waals surface area contributed by atoms with Crippen molar-refractivity contribution in [1.82, 2.24) is 10.6 Å². The van der Waals surface area contributed by atoms with Crippen molar-refractivity contribution in [2.24, 2.45) is 11.8 Å². The van der Waals surface area contributed by atoms with Gasteiger partial charge in [-0.1, -0.05) is 26.2 Å². The van der Waals surface area contributed by atoms with Crippen molar-refractivity contribution in [1.29, 1.82) is 0 Å². The molecule has 0 spiro atoms. The summed E-state index contributed by atoms with van der Waals surface area (Å²) < 4.78 is 0. The predicted molar refractivity (Wildman–Crippen MR) is 60.4 cm³/mol. The summed E-state index contributed by atoms with van der Waals surface area (Å²) >= 11 is 0. The molecule has 1 heterocycles. The second-order valence-corrected chi connectivity index (χ2v) is 5.12. The third-order valence-electron chi connectivity index (χ3n) is 4.02. The first kappa shape index (κ1) is 10.4. The summed E-state index contributed by atoms with van der Waals surface area (Å²) in [6.45, 7) is 6.07. The molecule has 0 amide bonds. The van der Waals surface area contributed by atoms with Gasteiger partial charge in [0.15, 0.2) is 0 Å². The molecule has 82 valence electrons. The fourth-order valence-electron chi connectivity index (χ4n) is 2.84. The molecule has 1 aliphatic carbocycles. The molecule has 1 saturated heterocycles. The van der Waals surface area contributed by atoms with Crippen LogP contribution in [0.25, 0.3) is 0 Å². The molecule has 0 aromatic heterocycles. The summed E-state index contributed by atoms with van der Waals surface area (Å²) in [5.74, 6) is 1.90. The molecule has 2 rings (SSSR count). The van der Waals surface area contributed by atoms with Crippen LogP contribution in [0.2, 0.25) is 0 Å². The van der Waals surface area contributed by atoms with Gasteiger partial charge in [-0.3, -0.25) is 0 Å². The van der Waals surface area contributed by atoms with Gasteiger partial charge >= 0.3 is 0 Å². The van der Waals surface area contributed by atoms with Crippen LogP contribution in [-0.2, 0) is 0 Å². The Morgan fingerprint density at radius 1 is 1.21 bits per heavy atom. The molecule has 2 nitrogen and oxygen atoms in total. The van der Waals surface area contributed by atoms with Crippen molar-refractivity contribution in [2.45, 2.75) is 45.1 Å². The average molecular weight is 196 g/mol. The van der Waals surface area contributed by atoms with Gasteiger partial charge in [-0.05, 0) is 37.8 Å². The molecular weight excluding hydrogens is 172 g/mol. The van der Waals surface area contributed by atoms with E-state index in [9.17, 15) is 0 Å². The van der Waals surface area contributed by atoms with E-state index in [0.29, 0.717) is 0 Å². The summed E-state index contributed by atoms with van der Waals surface area (Å²) in [7, 11) is 0. The molecule has 2 N–H and O–H groups in total. The van der Waals surface area contributed by atoms with Gasteiger partial charge in [0.25, 0.3) is 0 Å². The van der Waals surface area contributed by atoms with Gasteiger partial charge in [-0.2, -0.15) is 0 Å². The molecule has 0 aromatic carbocycles. The third-order valence-corrected chi connectivity index (χ3v) is 4.02. The van der Waals surface area contributed by atoms with Crippen LogP contribution in [0.5, 0.6) is 0 Å². The maximum atomic E-state index is 3.72. The van der Waals surface area contributed by atoms with E-state index in [2.05, 4.69) is 17.6 Å². The molecule has 1 saturated carbocycles. The summed E-state index contributed by atoms with van der Waals surface area (Å²) in [6.07, 6.45) is 7.15. The third kappa shape index (κ3) is 2.71. The maximum absolute atomic E-state index is 3.72. The number of hydrogen-bond acceptors (Lipinski definition) is 2. The van der Waals surface area contributed by atoms with E-state index in [1.807, 2.05) is 0 Å². The Balaban J connectivity index is 1.67. The van der Waals surface area contributed by atoms with Gasteiger partial charge in [0.05, 0.1) is 0 Å². The van der Waals surface area contributed by atoms with Gasteiger partial charge in [0.2, 0.25) is 0 Å². The summed E-state index contributed by atoms with van der Waals surface area (Å²) in [6, 6.07) is 0.754. The smallest absolute Gasteiger partial charge is 0.0204 e. The van der Waals surface area contributed by atoms with Crippen molar-refractivity contribution in [2.75, 3.05) is 19.6 Å². The number of hydrogen-bond donors (Lipinski definition) is 2. The average Bonchev–Trinajstić information content (AvgIpc) is 2.69. The lowest BCUT2D eigenvalue weighted by molar-refractivity contribution is 0.242. The second-order valence-electron chi connectivity index (χ2n) is 5.12. The molecule has 3 atom stereocenters. The van der Waals surface area contributed by atoms with Crippen LogP contribution in [-0.4, -0.2) is 25.7 Å². The second kappa shape index (κ2) is 5.13. The molecule has 2 aliphatic rings. The van der Waals surface area contributed by atoms with E-state index in [4.69, 9.17) is 0 Å². The molecule has 0 radical (unpaired) electrons. The van der Waals surface area contributed by atoms with Crippen molar-refractivity contribution >= 4 is 0 Å². The largest absolute Gasteiger partial charge is 0.315 e. The fourth-order valence-corrected chi connectivity index (χ4v) is 2.84. The normalized spacial score (nSPS) is 38.8. The lowest BCUT2D eigenvalue weighted by atomic mass is 9.80. The molecular formula is C12H24N2. The Kier molecular flexibility index (Phi) is 3.82. The standard InChI is InChI=1S/C12H24N2/c1-10-4-2-3-5-11(10)8-14-12-6-7-13-9-12/h10-14H,2-9H2,1H3. The quantitative estimate of drug-likeness (QED) is 0.719. The topological polar surface area (TPSA) is 24.1 Å². The van der Waals surface area contributed by atoms with Crippen LogP contribution in [0.3, 0.4) is 0 Å². The first-order valence-corrected chi connectivity index (χ1v) is 6.30. The maximum Gasteiger partial charge on any atom is 0.0204 e. The highest BCUT2D eigenvalue weighted by Crippen LogP contribution is 2.28. The van der Waals surface area contributed by atoms with Gasteiger partial charge in [0.1, 0.15) is 0 Å². The molecule has 1 aliphatic heterocycles. The van der Waals surface area contributed by atoms with Crippen LogP contribution < -0.4 is 10.6 Å². The molecule has 14 heavy (non-hydrogen) atoms. The van der Waals surface area contributed by atoms with Crippen LogP contribution >= 0.6 is 0 Å². The van der Waals surface area contributed by atoms with E-state index < -0.39 is 0 Å². The first-order chi connectivity index (χ1) is 6.86. The Morgan fingerprint density at radius 2 is 2.07 bits per heavy atom. The van der Waals surface area contributed by atoms with Gasteiger partial charge in [0, 0.05) is 12.6 Å². The lowest BCUT2D eigenvalue weighted by Crippen LogP contribution is -2.37. The highest BCUT2D eigenvalue weighted by molar-refractivity contribution is 4.80. The van der Waals surface area contributed by atoms with Gasteiger partial charge < -0.3 is 10.6 Å². The number of nitrogens with one attached hydrogen (secondary N) is 2. The monoisotopic (exact) mass is 196 g/mol. The van der Waals surface area contributed by atoms with Gasteiger partial charge in [-0.25, -0.2) is 0 Å². The van der Waals surface area contributed by atoms with Crippen LogP contribution in [0.1, 0.15) is 39.0 Å². The summed E-state index contributed by atoms with van der Waals surface area (Å²) in [5, 5.41) is 7.13. The fraction of sp³-hybridized carbons (Fsp3) is 1.00. The lowest BCUT2D eigenvalue weighted by Gasteiger charge is -2.29. The van der Waals surface area contributed by atoms with Crippen LogP contribution in [0, 0.1) is 11.8 Å². The van der Waals surface area contributed by atoms with Crippen LogP contribution in [0.4, 0.5) is 0 Å². The minimum atomic E-state index is 0.754. The Bertz CT molecular complexity index is 164. The Hall–Kier alpha value is -0.0800. The minimum Gasteiger partial charge on any atom is -0.315 e. The SMILES string of the molecule is CC1CCCCC1CNC1CCNC1. The van der Waals surface area contributed by atoms with Crippen LogP contribution in [0.15, 0.2) is 0 Å². The van der Waals surface area contributed by atoms with Crippen molar-refractivity contribution < 1.29 is 0 Å². The highest BCUT2D eigenvalue weighted by Gasteiger charge is 2.22. The zero-order chi connectivity index (χ0) is 9.80. The summed E-state index contributed by atoms with van der Waals surface area (Å²) in [5.41, 5.74) is 0. The molecule has 0 bridgehead atoms. The molecule has 2 heteroatoms. The van der Waals surface area contributed by atoms with Crippen molar-refractivity contribution in [3.63, 3.8) is 0 Å². The highest BCUT2D eigenvalue weighted by atomic mass is 15.0. The van der Waals surface area contributed by atoms with E-state index in [-0.39, 0.29) is 0 Å². The first-order valence-electron chi connectivity index (χ1n) is 6.30. The van der Waals surface area contributed by atoms with Crippen molar-refractivity contribution in [3.05, 3.63) is 0 Å². The van der Waals surface area contributed by atoms with E-state index in [1.54, 1.807) is 0 Å². The number of rotatable bonds is 3.